The second kappa shape index (κ2) is 13.0. The van der Waals surface area contributed by atoms with Crippen LogP contribution in [0.25, 0.3) is 0 Å². The minimum Gasteiger partial charge on any atom is -1.00 e. The third-order valence-corrected chi connectivity index (χ3v) is 1.61. The van der Waals surface area contributed by atoms with Gasteiger partial charge in [-0.1, -0.05) is 19.9 Å². The predicted octanol–water partition coefficient (Wildman–Crippen LogP) is 0.334. The quantitative estimate of drug-likeness (QED) is 0.374. The van der Waals surface area contributed by atoms with Crippen LogP contribution in [0.15, 0.2) is 12.7 Å². The molecule has 0 aromatic carbocycles. The van der Waals surface area contributed by atoms with Crippen LogP contribution in [0.5, 0.6) is 0 Å². The molecule has 0 saturated carbocycles. The first kappa shape index (κ1) is 21.2. The van der Waals surface area contributed by atoms with Gasteiger partial charge in [-0.05, 0) is 12.5 Å². The van der Waals surface area contributed by atoms with Crippen molar-refractivity contribution >= 4 is 40.9 Å². The summed E-state index contributed by atoms with van der Waals surface area (Å²) in [6.07, 6.45) is 1.99. The average molecular weight is 258 g/mol. The van der Waals surface area contributed by atoms with Crippen LogP contribution in [0.2, 0.25) is 0 Å². The van der Waals surface area contributed by atoms with Gasteiger partial charge in [-0.2, -0.15) is 0 Å². The molecule has 0 aliphatic carbocycles. The summed E-state index contributed by atoms with van der Waals surface area (Å²) in [5, 5.41) is 18.9. The minimum atomic E-state index is -1.26. The maximum absolute atomic E-state index is 10.2. The Kier molecular flexibility index (Phi) is 16.2. The molecule has 0 radical (unpaired) electrons. The summed E-state index contributed by atoms with van der Waals surface area (Å²) in [4.78, 5) is 30.3. The van der Waals surface area contributed by atoms with E-state index in [4.69, 9.17) is 10.2 Å². The number of aliphatic carboxylic acids is 2. The Hall–Kier alpha value is -1.08. The number of carbonyl (C=O) groups is 3. The summed E-state index contributed by atoms with van der Waals surface area (Å²) in [6, 6.07) is 0. The van der Waals surface area contributed by atoms with Crippen LogP contribution in [0.4, 0.5) is 0 Å². The first-order valence-corrected chi connectivity index (χ1v) is 4.70. The Morgan fingerprint density at radius 1 is 1.35 bits per heavy atom. The second-order valence-corrected chi connectivity index (χ2v) is 2.84. The standard InChI is InChI=1S/C6H10O4.C4H7NO.Mg.2H/c1-2-3-4(5(7)8)6(9)10;1-3-4(6)5-2;;;/h4H,2-3H2,1H3,(H,7,8)(H,9,10);3H,1H2,2H3,(H,5,6);;;/q;;+2;2*-1. The summed E-state index contributed by atoms with van der Waals surface area (Å²) in [6.45, 7) is 4.97. The van der Waals surface area contributed by atoms with Crippen LogP contribution < -0.4 is 5.32 Å². The molecule has 0 rings (SSSR count). The van der Waals surface area contributed by atoms with Gasteiger partial charge in [-0.3, -0.25) is 14.4 Å². The van der Waals surface area contributed by atoms with E-state index in [0.717, 1.165) is 0 Å². The van der Waals surface area contributed by atoms with E-state index >= 15 is 0 Å². The van der Waals surface area contributed by atoms with Gasteiger partial charge in [0, 0.05) is 7.05 Å². The molecular weight excluding hydrogens is 238 g/mol. The van der Waals surface area contributed by atoms with E-state index in [1.54, 1.807) is 14.0 Å². The molecule has 0 aliphatic heterocycles. The number of carboxylic acid groups (broad SMARTS) is 2. The first-order valence-electron chi connectivity index (χ1n) is 4.70. The fourth-order valence-electron chi connectivity index (χ4n) is 0.743. The third-order valence-electron chi connectivity index (χ3n) is 1.61. The van der Waals surface area contributed by atoms with E-state index < -0.39 is 17.9 Å². The summed E-state index contributed by atoms with van der Waals surface area (Å²) in [7, 11) is 1.56. The molecule has 0 aromatic rings. The Morgan fingerprint density at radius 3 is 1.82 bits per heavy atom. The second-order valence-electron chi connectivity index (χ2n) is 2.84. The molecule has 0 spiro atoms. The van der Waals surface area contributed by atoms with E-state index in [1.165, 1.54) is 6.08 Å². The average Bonchev–Trinajstić information content (AvgIpc) is 2.24. The Morgan fingerprint density at radius 2 is 1.76 bits per heavy atom. The Balaban J connectivity index is -0.0000000646. The van der Waals surface area contributed by atoms with Gasteiger partial charge in [0.15, 0.2) is 5.92 Å². The van der Waals surface area contributed by atoms with Crippen molar-refractivity contribution in [3.05, 3.63) is 12.7 Å². The molecule has 0 atom stereocenters. The SMILES string of the molecule is C=CC(=O)NC.CCCC(C(=O)O)C(=O)O.[H-].[H-].[Mg+2]. The summed E-state index contributed by atoms with van der Waals surface area (Å²) in [5.74, 6) is -3.89. The molecule has 0 aliphatic rings. The van der Waals surface area contributed by atoms with E-state index in [0.29, 0.717) is 6.42 Å². The fraction of sp³-hybridized carbons (Fsp3) is 0.500. The summed E-state index contributed by atoms with van der Waals surface area (Å²) < 4.78 is 0. The van der Waals surface area contributed by atoms with Crippen LogP contribution in [0.1, 0.15) is 22.6 Å². The Labute approximate surface area is 119 Å². The molecule has 17 heavy (non-hydrogen) atoms. The van der Waals surface area contributed by atoms with Crippen molar-refractivity contribution in [1.29, 1.82) is 0 Å². The predicted molar refractivity (Wildman–Crippen MR) is 65.9 cm³/mol. The van der Waals surface area contributed by atoms with E-state index in [-0.39, 0.29) is 38.2 Å². The minimum absolute atomic E-state index is 0. The molecule has 6 nitrogen and oxygen atoms in total. The zero-order chi connectivity index (χ0) is 13.1. The molecule has 0 unspecified atom stereocenters. The monoisotopic (exact) mass is 257 g/mol. The molecule has 0 fully saturated rings. The molecule has 0 bridgehead atoms. The topological polar surface area (TPSA) is 104 Å². The van der Waals surface area contributed by atoms with Crippen LogP contribution in [0, 0.1) is 5.92 Å². The van der Waals surface area contributed by atoms with Gasteiger partial charge < -0.3 is 18.4 Å². The zero-order valence-electron chi connectivity index (χ0n) is 12.1. The van der Waals surface area contributed by atoms with Gasteiger partial charge in [0.1, 0.15) is 0 Å². The fourth-order valence-corrected chi connectivity index (χ4v) is 0.743. The smallest absolute Gasteiger partial charge is 1.00 e. The van der Waals surface area contributed by atoms with Crippen molar-refractivity contribution in [2.45, 2.75) is 19.8 Å². The molecule has 1 amide bonds. The first-order chi connectivity index (χ1) is 7.40. The van der Waals surface area contributed by atoms with Crippen LogP contribution in [0.3, 0.4) is 0 Å². The number of amides is 1. The van der Waals surface area contributed by atoms with Gasteiger partial charge in [0.2, 0.25) is 5.91 Å². The van der Waals surface area contributed by atoms with Crippen molar-refractivity contribution in [1.82, 2.24) is 5.32 Å². The summed E-state index contributed by atoms with van der Waals surface area (Å²) >= 11 is 0. The van der Waals surface area contributed by atoms with Crippen molar-refractivity contribution in [3.63, 3.8) is 0 Å². The number of carbonyl (C=O) groups excluding carboxylic acids is 1. The maximum Gasteiger partial charge on any atom is 2.00 e. The van der Waals surface area contributed by atoms with E-state index in [1.807, 2.05) is 0 Å². The van der Waals surface area contributed by atoms with Crippen molar-refractivity contribution in [2.24, 2.45) is 5.92 Å². The van der Waals surface area contributed by atoms with Crippen molar-refractivity contribution < 1.29 is 27.4 Å². The molecule has 0 saturated heterocycles. The van der Waals surface area contributed by atoms with Gasteiger partial charge in [-0.15, -0.1) is 0 Å². The van der Waals surface area contributed by atoms with Gasteiger partial charge in [0.25, 0.3) is 0 Å². The maximum atomic E-state index is 10.2. The van der Waals surface area contributed by atoms with Crippen LogP contribution in [-0.4, -0.2) is 58.2 Å². The number of hydrogen-bond donors (Lipinski definition) is 3. The molecular formula is C10H19MgNO5. The van der Waals surface area contributed by atoms with E-state index in [2.05, 4.69) is 11.9 Å². The molecule has 0 aromatic heterocycles. The van der Waals surface area contributed by atoms with Gasteiger partial charge in [0.05, 0.1) is 0 Å². The number of hydrogen-bond acceptors (Lipinski definition) is 3. The number of carboxylic acids is 2. The van der Waals surface area contributed by atoms with E-state index in [9.17, 15) is 14.4 Å². The largest absolute Gasteiger partial charge is 2.00 e. The third kappa shape index (κ3) is 12.8. The van der Waals surface area contributed by atoms with Crippen molar-refractivity contribution in [3.8, 4) is 0 Å². The summed E-state index contributed by atoms with van der Waals surface area (Å²) in [5.41, 5.74) is 0. The molecule has 3 N–H and O–H groups in total. The van der Waals surface area contributed by atoms with Gasteiger partial charge in [-0.25, -0.2) is 0 Å². The Bertz CT molecular complexity index is 263. The van der Waals surface area contributed by atoms with Crippen LogP contribution in [-0.2, 0) is 14.4 Å². The number of likely N-dealkylation sites (N-methyl/N-ethyl adjacent to an activating group) is 1. The molecule has 96 valence electrons. The van der Waals surface area contributed by atoms with Gasteiger partial charge >= 0.3 is 35.0 Å². The number of rotatable bonds is 5. The number of nitrogens with one attached hydrogen (secondary N) is 1. The molecule has 0 heterocycles. The zero-order valence-corrected chi connectivity index (χ0v) is 11.5. The van der Waals surface area contributed by atoms with Crippen LogP contribution >= 0.6 is 0 Å². The molecule has 7 heteroatoms. The normalized spacial score (nSPS) is 8.18. The van der Waals surface area contributed by atoms with Crippen molar-refractivity contribution in [2.75, 3.05) is 7.05 Å².